The van der Waals surface area contributed by atoms with Gasteiger partial charge in [-0.1, -0.05) is 103 Å². The van der Waals surface area contributed by atoms with Gasteiger partial charge in [0.05, 0.1) is 13.2 Å². The molecule has 0 aromatic carbocycles. The SMILES string of the molecule is CCCCCCCCCCCCCCCCCCOCC(COP(=O)(O)OC(O)[C@H]1O[C@@H](OC(O)[C@H]2O[C@@H](OC(C)=O)[C@H](OC(C)=O)[C@@H](OC(C)=O)[C@@H]2OC(C)=O)[C@H](OC(C)=O)[C@@H](OC(C)=O)[C@@H]1OC(C)=O)OC. The molecule has 0 aromatic heterocycles. The first-order valence-electron chi connectivity index (χ1n) is 25.3. The molecular formula is C48H81O25P. The molecule has 0 spiro atoms. The van der Waals surface area contributed by atoms with Gasteiger partial charge < -0.3 is 71.9 Å². The molecule has 0 aromatic rings. The number of aliphatic hydroxyl groups is 2. The van der Waals surface area contributed by atoms with Crippen LogP contribution in [0, 0.1) is 0 Å². The molecule has 428 valence electrons. The van der Waals surface area contributed by atoms with Crippen LogP contribution in [0.5, 0.6) is 0 Å². The largest absolute Gasteiger partial charge is 0.474 e. The number of carbonyl (C=O) groups excluding carboxylic acids is 7. The van der Waals surface area contributed by atoms with Crippen LogP contribution in [0.3, 0.4) is 0 Å². The number of hydrogen-bond donors (Lipinski definition) is 3. The quantitative estimate of drug-likeness (QED) is 0.0252. The first-order valence-corrected chi connectivity index (χ1v) is 26.8. The molecule has 4 unspecified atom stereocenters. The van der Waals surface area contributed by atoms with Gasteiger partial charge in [-0.2, -0.15) is 0 Å². The molecule has 2 rings (SSSR count). The molecule has 14 atom stereocenters. The summed E-state index contributed by atoms with van der Waals surface area (Å²) in [7, 11) is -4.02. The van der Waals surface area contributed by atoms with Gasteiger partial charge >= 0.3 is 49.6 Å². The Balaban J connectivity index is 2.20. The summed E-state index contributed by atoms with van der Waals surface area (Å²) in [5.41, 5.74) is 0. The van der Waals surface area contributed by atoms with E-state index < -0.39 is 136 Å². The highest BCUT2D eigenvalue weighted by molar-refractivity contribution is 7.47. The molecule has 3 N–H and O–H groups in total. The van der Waals surface area contributed by atoms with E-state index in [0.29, 0.717) is 6.61 Å². The van der Waals surface area contributed by atoms with Crippen LogP contribution in [0.2, 0.25) is 0 Å². The fraction of sp³-hybridized carbons (Fsp3) is 0.854. The number of phosphoric ester groups is 1. The Morgan fingerprint density at radius 1 is 0.473 bits per heavy atom. The zero-order valence-corrected chi connectivity index (χ0v) is 45.1. The molecule has 0 radical (unpaired) electrons. The molecular weight excluding hydrogens is 1010 g/mol. The molecule has 0 bridgehead atoms. The lowest BCUT2D eigenvalue weighted by Crippen LogP contribution is -2.67. The second-order valence-corrected chi connectivity index (χ2v) is 19.4. The zero-order valence-electron chi connectivity index (χ0n) is 44.2. The van der Waals surface area contributed by atoms with E-state index in [4.69, 9.17) is 65.9 Å². The lowest BCUT2D eigenvalue weighted by atomic mass is 9.96. The van der Waals surface area contributed by atoms with Gasteiger partial charge in [-0.05, 0) is 6.42 Å². The first-order chi connectivity index (χ1) is 35.0. The molecule has 0 amide bonds. The van der Waals surface area contributed by atoms with Gasteiger partial charge in [0.25, 0.3) is 0 Å². The van der Waals surface area contributed by atoms with Crippen molar-refractivity contribution in [1.29, 1.82) is 0 Å². The number of esters is 7. The number of phosphoric acid groups is 1. The Kier molecular flexibility index (Phi) is 31.7. The minimum Gasteiger partial charge on any atom is -0.455 e. The topological polar surface area (TPSA) is 326 Å². The highest BCUT2D eigenvalue weighted by Gasteiger charge is 2.59. The number of rotatable bonds is 36. The molecule has 0 saturated carbocycles. The first kappa shape index (κ1) is 66.2. The maximum Gasteiger partial charge on any atom is 0.474 e. The summed E-state index contributed by atoms with van der Waals surface area (Å²) in [6.07, 6.45) is -6.97. The summed E-state index contributed by atoms with van der Waals surface area (Å²) in [4.78, 5) is 97.4. The molecule has 2 saturated heterocycles. The van der Waals surface area contributed by atoms with Crippen molar-refractivity contribution >= 4 is 49.6 Å². The van der Waals surface area contributed by atoms with Gasteiger partial charge in [0.15, 0.2) is 55.3 Å². The van der Waals surface area contributed by atoms with Crippen molar-refractivity contribution in [1.82, 2.24) is 0 Å². The standard InChI is InChI=1S/C48H81O25P/c1-10-11-12-13-14-15-16-17-18-19-20-21-22-23-24-25-26-61-27-36(60-9)28-62-74(58,59)73-46(57)42-38(64-30(3)50)40(66-32(5)52)44(68-34(7)54)48(71-42)72-45(56)41-37(63-29(2)49)39(65-31(4)51)43(67-33(6)53)47(70-41)69-35(8)55/h36-48,56-57H,10-28H2,1-9H3,(H,58,59)/t36?,37-,38-,39-,40-,41-,42-,43+,44+,45?,46?,47+,48-/m0/s1. The van der Waals surface area contributed by atoms with Crippen LogP contribution in [0.4, 0.5) is 0 Å². The van der Waals surface area contributed by atoms with Crippen molar-refractivity contribution in [2.24, 2.45) is 0 Å². The van der Waals surface area contributed by atoms with Gasteiger partial charge in [0, 0.05) is 62.2 Å². The zero-order chi connectivity index (χ0) is 55.4. The van der Waals surface area contributed by atoms with E-state index in [1.165, 1.54) is 84.2 Å². The number of aliphatic hydroxyl groups excluding tert-OH is 2. The fourth-order valence-electron chi connectivity index (χ4n) is 8.21. The van der Waals surface area contributed by atoms with Crippen LogP contribution >= 0.6 is 7.82 Å². The third-order valence-electron chi connectivity index (χ3n) is 11.4. The highest BCUT2D eigenvalue weighted by atomic mass is 31.2. The average Bonchev–Trinajstić information content (AvgIpc) is 3.29. The molecule has 26 heteroatoms. The van der Waals surface area contributed by atoms with Gasteiger partial charge in [-0.25, -0.2) is 4.57 Å². The maximum atomic E-state index is 13.3. The summed E-state index contributed by atoms with van der Waals surface area (Å²) >= 11 is 0. The van der Waals surface area contributed by atoms with E-state index in [2.05, 4.69) is 6.92 Å². The van der Waals surface area contributed by atoms with Gasteiger partial charge in [-0.3, -0.25) is 42.6 Å². The third kappa shape index (κ3) is 25.8. The molecule has 2 aliphatic rings. The lowest BCUT2D eigenvalue weighted by molar-refractivity contribution is -0.381. The van der Waals surface area contributed by atoms with E-state index in [-0.39, 0.29) is 6.61 Å². The predicted octanol–water partition coefficient (Wildman–Crippen LogP) is 4.67. The minimum absolute atomic E-state index is 0.0440. The summed E-state index contributed by atoms with van der Waals surface area (Å²) in [6.45, 7) is 8.39. The molecule has 74 heavy (non-hydrogen) atoms. The molecule has 2 aliphatic heterocycles. The predicted molar refractivity (Wildman–Crippen MR) is 254 cm³/mol. The number of hydrogen-bond acceptors (Lipinski definition) is 24. The van der Waals surface area contributed by atoms with Crippen molar-refractivity contribution in [3.8, 4) is 0 Å². The minimum atomic E-state index is -5.33. The van der Waals surface area contributed by atoms with Crippen molar-refractivity contribution in [3.05, 3.63) is 0 Å². The van der Waals surface area contributed by atoms with Crippen molar-refractivity contribution in [3.63, 3.8) is 0 Å². The number of methoxy groups -OCH3 is 1. The van der Waals surface area contributed by atoms with Crippen LogP contribution in [-0.2, 0) is 104 Å². The Morgan fingerprint density at radius 3 is 1.23 bits per heavy atom. The Hall–Kier alpha value is -3.88. The summed E-state index contributed by atoms with van der Waals surface area (Å²) < 4.78 is 88.9. The van der Waals surface area contributed by atoms with E-state index in [0.717, 1.165) is 74.1 Å². The van der Waals surface area contributed by atoms with E-state index in [1.54, 1.807) is 0 Å². The van der Waals surface area contributed by atoms with Crippen LogP contribution in [0.15, 0.2) is 0 Å². The van der Waals surface area contributed by atoms with Gasteiger partial charge in [0.2, 0.25) is 18.7 Å². The van der Waals surface area contributed by atoms with E-state index in [9.17, 15) is 53.2 Å². The summed E-state index contributed by atoms with van der Waals surface area (Å²) in [5, 5.41) is 23.1. The van der Waals surface area contributed by atoms with Gasteiger partial charge in [-0.15, -0.1) is 0 Å². The average molecular weight is 1090 g/mol. The summed E-state index contributed by atoms with van der Waals surface area (Å²) in [6, 6.07) is 0. The fourth-order valence-corrected chi connectivity index (χ4v) is 9.01. The second kappa shape index (κ2) is 35.4. The Labute approximate surface area is 433 Å². The van der Waals surface area contributed by atoms with Crippen LogP contribution in [0.1, 0.15) is 158 Å². The second-order valence-electron chi connectivity index (χ2n) is 18.0. The molecule has 2 heterocycles. The molecule has 25 nitrogen and oxygen atoms in total. The van der Waals surface area contributed by atoms with Crippen molar-refractivity contribution in [2.75, 3.05) is 26.9 Å². The smallest absolute Gasteiger partial charge is 0.455 e. The number of ether oxygens (including phenoxy) is 12. The normalized spacial score (nSPS) is 25.8. The van der Waals surface area contributed by atoms with Crippen LogP contribution < -0.4 is 0 Å². The monoisotopic (exact) mass is 1090 g/mol. The van der Waals surface area contributed by atoms with E-state index in [1.807, 2.05) is 0 Å². The number of carbonyl (C=O) groups is 7. The molecule has 2 fully saturated rings. The third-order valence-corrected chi connectivity index (χ3v) is 12.4. The number of unbranched alkanes of at least 4 members (excludes halogenated alkanes) is 15. The van der Waals surface area contributed by atoms with Gasteiger partial charge in [0.1, 0.15) is 6.10 Å². The maximum absolute atomic E-state index is 13.3. The van der Waals surface area contributed by atoms with Crippen LogP contribution in [-0.4, -0.2) is 164 Å². The van der Waals surface area contributed by atoms with Crippen molar-refractivity contribution < 1.29 is 119 Å². The van der Waals surface area contributed by atoms with Crippen molar-refractivity contribution in [2.45, 2.75) is 238 Å². The molecule has 0 aliphatic carbocycles. The Bertz CT molecular complexity index is 1770. The van der Waals surface area contributed by atoms with E-state index >= 15 is 0 Å². The Morgan fingerprint density at radius 2 is 0.824 bits per heavy atom. The summed E-state index contributed by atoms with van der Waals surface area (Å²) in [5.74, 6) is -7.46. The van der Waals surface area contributed by atoms with Crippen LogP contribution in [0.25, 0.3) is 0 Å². The highest BCUT2D eigenvalue weighted by Crippen LogP contribution is 2.46. The lowest BCUT2D eigenvalue weighted by Gasteiger charge is -2.47.